The first-order chi connectivity index (χ1) is 5.86. The molecule has 1 atom stereocenters. The van der Waals surface area contributed by atoms with Crippen LogP contribution in [-0.4, -0.2) is 18.1 Å². The molecule has 3 N–H and O–H groups in total. The second-order valence-electron chi connectivity index (χ2n) is 3.68. The molecule has 0 bridgehead atoms. The number of hydrazine groups is 1. The zero-order valence-corrected chi connectivity index (χ0v) is 8.70. The molecular formula is C9H20N2S. The Bertz CT molecular complexity index is 115. The molecule has 0 aromatic heterocycles. The zero-order chi connectivity index (χ0) is 8.81. The molecule has 1 rings (SSSR count). The maximum Gasteiger partial charge on any atom is 0.0221 e. The molecule has 1 unspecified atom stereocenters. The maximum atomic E-state index is 5.48. The highest BCUT2D eigenvalue weighted by atomic mass is 32.2. The number of rotatable bonds is 6. The minimum Gasteiger partial charge on any atom is -0.271 e. The van der Waals surface area contributed by atoms with Crippen LogP contribution in [0.25, 0.3) is 0 Å². The van der Waals surface area contributed by atoms with Gasteiger partial charge in [-0.05, 0) is 30.8 Å². The van der Waals surface area contributed by atoms with Crippen LogP contribution in [0.5, 0.6) is 0 Å². The Morgan fingerprint density at radius 3 is 2.75 bits per heavy atom. The molecule has 0 aromatic rings. The van der Waals surface area contributed by atoms with Crippen molar-refractivity contribution in [3.8, 4) is 0 Å². The van der Waals surface area contributed by atoms with Gasteiger partial charge in [0.25, 0.3) is 0 Å². The van der Waals surface area contributed by atoms with Crippen LogP contribution in [0, 0.1) is 5.92 Å². The van der Waals surface area contributed by atoms with Gasteiger partial charge in [-0.2, -0.15) is 11.8 Å². The lowest BCUT2D eigenvalue weighted by molar-refractivity contribution is 0.258. The van der Waals surface area contributed by atoms with E-state index in [0.29, 0.717) is 6.04 Å². The number of hydrogen-bond donors (Lipinski definition) is 2. The van der Waals surface area contributed by atoms with Crippen LogP contribution in [0.15, 0.2) is 0 Å². The van der Waals surface area contributed by atoms with Crippen molar-refractivity contribution in [2.24, 2.45) is 11.8 Å². The van der Waals surface area contributed by atoms with Gasteiger partial charge in [-0.15, -0.1) is 0 Å². The number of nitrogens with two attached hydrogens (primary N) is 1. The molecule has 0 saturated heterocycles. The van der Waals surface area contributed by atoms with Crippen molar-refractivity contribution in [1.82, 2.24) is 5.43 Å². The molecule has 1 saturated carbocycles. The lowest BCUT2D eigenvalue weighted by Crippen LogP contribution is -2.38. The summed E-state index contributed by atoms with van der Waals surface area (Å²) in [5, 5.41) is 0. The molecule has 0 radical (unpaired) electrons. The molecule has 2 nitrogen and oxygen atoms in total. The van der Waals surface area contributed by atoms with E-state index in [1.54, 1.807) is 0 Å². The van der Waals surface area contributed by atoms with Crippen LogP contribution in [0.4, 0.5) is 0 Å². The van der Waals surface area contributed by atoms with Crippen molar-refractivity contribution in [3.05, 3.63) is 0 Å². The van der Waals surface area contributed by atoms with Crippen LogP contribution in [-0.2, 0) is 0 Å². The maximum absolute atomic E-state index is 5.48. The van der Waals surface area contributed by atoms with Gasteiger partial charge in [0.2, 0.25) is 0 Å². The third-order valence-electron chi connectivity index (χ3n) is 2.75. The Hall–Kier alpha value is 0.270. The van der Waals surface area contributed by atoms with E-state index in [9.17, 15) is 0 Å². The summed E-state index contributed by atoms with van der Waals surface area (Å²) in [6.45, 7) is 0. The molecule has 0 aromatic carbocycles. The molecule has 1 aliphatic rings. The van der Waals surface area contributed by atoms with Crippen LogP contribution >= 0.6 is 11.8 Å². The Morgan fingerprint density at radius 2 is 2.33 bits per heavy atom. The van der Waals surface area contributed by atoms with Crippen molar-refractivity contribution >= 4 is 11.8 Å². The highest BCUT2D eigenvalue weighted by Gasteiger charge is 2.20. The summed E-state index contributed by atoms with van der Waals surface area (Å²) in [4.78, 5) is 0. The van der Waals surface area contributed by atoms with Crippen LogP contribution in [0.3, 0.4) is 0 Å². The van der Waals surface area contributed by atoms with E-state index in [4.69, 9.17) is 5.84 Å². The smallest absolute Gasteiger partial charge is 0.0221 e. The standard InChI is InChI=1S/C9H20N2S/c1-12-6-5-9(11-10)7-8-3-2-4-8/h8-9,11H,2-7,10H2,1H3. The lowest BCUT2D eigenvalue weighted by atomic mass is 9.80. The molecule has 72 valence electrons. The van der Waals surface area contributed by atoms with Crippen LogP contribution < -0.4 is 11.3 Å². The van der Waals surface area contributed by atoms with E-state index in [1.807, 2.05) is 11.8 Å². The summed E-state index contributed by atoms with van der Waals surface area (Å²) >= 11 is 1.90. The van der Waals surface area contributed by atoms with Crippen molar-refractivity contribution in [3.63, 3.8) is 0 Å². The van der Waals surface area contributed by atoms with Gasteiger partial charge in [0, 0.05) is 6.04 Å². The summed E-state index contributed by atoms with van der Waals surface area (Å²) in [7, 11) is 0. The topological polar surface area (TPSA) is 38.0 Å². The molecular weight excluding hydrogens is 168 g/mol. The van der Waals surface area contributed by atoms with Crippen molar-refractivity contribution in [2.75, 3.05) is 12.0 Å². The van der Waals surface area contributed by atoms with Gasteiger partial charge in [-0.1, -0.05) is 19.3 Å². The average molecular weight is 188 g/mol. The normalized spacial score (nSPS) is 20.5. The zero-order valence-electron chi connectivity index (χ0n) is 7.88. The van der Waals surface area contributed by atoms with Gasteiger partial charge in [0.05, 0.1) is 0 Å². The minimum absolute atomic E-state index is 0.558. The van der Waals surface area contributed by atoms with Gasteiger partial charge in [0.15, 0.2) is 0 Å². The Morgan fingerprint density at radius 1 is 1.58 bits per heavy atom. The second-order valence-corrected chi connectivity index (χ2v) is 4.66. The predicted molar refractivity (Wildman–Crippen MR) is 56.1 cm³/mol. The Balaban J connectivity index is 2.06. The summed E-state index contributed by atoms with van der Waals surface area (Å²) in [6, 6.07) is 0.558. The first-order valence-electron chi connectivity index (χ1n) is 4.82. The molecule has 0 aliphatic heterocycles. The van der Waals surface area contributed by atoms with E-state index in [2.05, 4.69) is 11.7 Å². The number of hydrogen-bond acceptors (Lipinski definition) is 3. The Labute approximate surface area is 79.6 Å². The first-order valence-corrected chi connectivity index (χ1v) is 6.21. The van der Waals surface area contributed by atoms with E-state index in [-0.39, 0.29) is 0 Å². The summed E-state index contributed by atoms with van der Waals surface area (Å²) in [5.41, 5.74) is 2.92. The number of thioether (sulfide) groups is 1. The van der Waals surface area contributed by atoms with Crippen LogP contribution in [0.2, 0.25) is 0 Å². The minimum atomic E-state index is 0.558. The third-order valence-corrected chi connectivity index (χ3v) is 3.39. The average Bonchev–Trinajstić information content (AvgIpc) is 2.02. The van der Waals surface area contributed by atoms with Gasteiger partial charge >= 0.3 is 0 Å². The SMILES string of the molecule is CSCCC(CC1CCC1)NN. The monoisotopic (exact) mass is 188 g/mol. The van der Waals surface area contributed by atoms with E-state index >= 15 is 0 Å². The Kier molecular flexibility index (Phi) is 5.04. The summed E-state index contributed by atoms with van der Waals surface area (Å²) < 4.78 is 0. The van der Waals surface area contributed by atoms with Crippen molar-refractivity contribution in [2.45, 2.75) is 38.1 Å². The first kappa shape index (κ1) is 10.4. The lowest BCUT2D eigenvalue weighted by Gasteiger charge is -2.29. The summed E-state index contributed by atoms with van der Waals surface area (Å²) in [6.07, 6.45) is 8.95. The summed E-state index contributed by atoms with van der Waals surface area (Å²) in [5.74, 6) is 7.67. The van der Waals surface area contributed by atoms with Gasteiger partial charge < -0.3 is 0 Å². The van der Waals surface area contributed by atoms with E-state index in [0.717, 1.165) is 5.92 Å². The molecule has 1 aliphatic carbocycles. The molecule has 3 heteroatoms. The molecule has 0 heterocycles. The quantitative estimate of drug-likeness (QED) is 0.493. The van der Waals surface area contributed by atoms with E-state index < -0.39 is 0 Å². The van der Waals surface area contributed by atoms with Gasteiger partial charge in [0.1, 0.15) is 0 Å². The van der Waals surface area contributed by atoms with Crippen molar-refractivity contribution in [1.29, 1.82) is 0 Å². The van der Waals surface area contributed by atoms with E-state index in [1.165, 1.54) is 37.9 Å². The second kappa shape index (κ2) is 5.84. The molecule has 1 fully saturated rings. The predicted octanol–water partition coefficient (Wildman–Crippen LogP) is 1.76. The highest BCUT2D eigenvalue weighted by Crippen LogP contribution is 2.30. The van der Waals surface area contributed by atoms with Crippen molar-refractivity contribution < 1.29 is 0 Å². The molecule has 0 amide bonds. The molecule has 12 heavy (non-hydrogen) atoms. The van der Waals surface area contributed by atoms with Gasteiger partial charge in [-0.3, -0.25) is 11.3 Å². The fourth-order valence-electron chi connectivity index (χ4n) is 1.66. The highest BCUT2D eigenvalue weighted by molar-refractivity contribution is 7.98. The fourth-order valence-corrected chi connectivity index (χ4v) is 2.18. The largest absolute Gasteiger partial charge is 0.271 e. The number of nitrogens with one attached hydrogen (secondary N) is 1. The van der Waals surface area contributed by atoms with Crippen LogP contribution in [0.1, 0.15) is 32.1 Å². The molecule has 0 spiro atoms. The van der Waals surface area contributed by atoms with Gasteiger partial charge in [-0.25, -0.2) is 0 Å². The third kappa shape index (κ3) is 3.33. The fraction of sp³-hybridized carbons (Fsp3) is 1.00.